The highest BCUT2D eigenvalue weighted by Crippen LogP contribution is 2.07. The molecule has 0 radical (unpaired) electrons. The first kappa shape index (κ1) is 18.7. The fraction of sp³-hybridized carbons (Fsp3) is 0.611. The minimum Gasteiger partial charge on any atom is -0.357 e. The molecule has 1 saturated heterocycles. The lowest BCUT2D eigenvalue weighted by Gasteiger charge is -2.21. The summed E-state index contributed by atoms with van der Waals surface area (Å²) in [4.78, 5) is 9.35. The van der Waals surface area contributed by atoms with Crippen LogP contribution in [-0.4, -0.2) is 68.6 Å². The molecule has 1 fully saturated rings. The van der Waals surface area contributed by atoms with Crippen LogP contribution in [0, 0.1) is 5.82 Å². The topological polar surface area (TPSA) is 42.9 Å². The van der Waals surface area contributed by atoms with E-state index in [1.807, 2.05) is 13.0 Å². The summed E-state index contributed by atoms with van der Waals surface area (Å²) < 4.78 is 13.7. The van der Waals surface area contributed by atoms with Crippen LogP contribution in [0.25, 0.3) is 0 Å². The van der Waals surface area contributed by atoms with Gasteiger partial charge in [-0.25, -0.2) is 9.38 Å². The Morgan fingerprint density at radius 3 is 2.79 bits per heavy atom. The van der Waals surface area contributed by atoms with E-state index in [9.17, 15) is 4.39 Å². The second kappa shape index (κ2) is 10.3. The monoisotopic (exact) mass is 335 g/mol. The summed E-state index contributed by atoms with van der Waals surface area (Å²) in [6, 6.07) is 6.78. The van der Waals surface area contributed by atoms with E-state index in [0.717, 1.165) is 45.2 Å². The summed E-state index contributed by atoms with van der Waals surface area (Å²) in [6.45, 7) is 9.57. The molecule has 0 bridgehead atoms. The number of halogens is 1. The van der Waals surface area contributed by atoms with E-state index in [4.69, 9.17) is 0 Å². The van der Waals surface area contributed by atoms with Crippen LogP contribution in [-0.2, 0) is 6.54 Å². The minimum absolute atomic E-state index is 0.203. The van der Waals surface area contributed by atoms with Gasteiger partial charge in [-0.05, 0) is 39.5 Å². The highest BCUT2D eigenvalue weighted by Gasteiger charge is 2.11. The molecule has 0 aromatic heterocycles. The molecule has 0 spiro atoms. The largest absolute Gasteiger partial charge is 0.357 e. The molecule has 1 heterocycles. The molecule has 2 rings (SSSR count). The van der Waals surface area contributed by atoms with Crippen molar-refractivity contribution in [3.05, 3.63) is 35.6 Å². The Hall–Kier alpha value is -1.66. The SMILES string of the molecule is CCNC(=NCc1ccccc1F)NCCN1CCCN(C)CC1. The molecule has 6 heteroatoms. The van der Waals surface area contributed by atoms with Crippen LogP contribution in [0.5, 0.6) is 0 Å². The normalized spacial score (nSPS) is 17.5. The maximum absolute atomic E-state index is 13.7. The summed E-state index contributed by atoms with van der Waals surface area (Å²) in [5, 5.41) is 6.57. The van der Waals surface area contributed by atoms with Crippen LogP contribution in [0.1, 0.15) is 18.9 Å². The Kier molecular flexibility index (Phi) is 7.98. The summed E-state index contributed by atoms with van der Waals surface area (Å²) in [5.41, 5.74) is 0.616. The number of rotatable bonds is 6. The van der Waals surface area contributed by atoms with Crippen molar-refractivity contribution in [3.63, 3.8) is 0 Å². The van der Waals surface area contributed by atoms with Gasteiger partial charge in [0.15, 0.2) is 5.96 Å². The Bertz CT molecular complexity index is 520. The van der Waals surface area contributed by atoms with Gasteiger partial charge in [0.25, 0.3) is 0 Å². The third-order valence-corrected chi connectivity index (χ3v) is 4.24. The number of likely N-dealkylation sites (N-methyl/N-ethyl adjacent to an activating group) is 1. The fourth-order valence-corrected chi connectivity index (χ4v) is 2.79. The van der Waals surface area contributed by atoms with Crippen molar-refractivity contribution in [3.8, 4) is 0 Å². The predicted octanol–water partition coefficient (Wildman–Crippen LogP) is 1.52. The van der Waals surface area contributed by atoms with E-state index in [1.165, 1.54) is 19.0 Å². The average molecular weight is 335 g/mol. The zero-order valence-electron chi connectivity index (χ0n) is 14.9. The second-order valence-corrected chi connectivity index (χ2v) is 6.21. The van der Waals surface area contributed by atoms with Gasteiger partial charge in [-0.2, -0.15) is 0 Å². The second-order valence-electron chi connectivity index (χ2n) is 6.21. The molecular formula is C18H30FN5. The molecular weight excluding hydrogens is 305 g/mol. The Balaban J connectivity index is 1.80. The molecule has 5 nitrogen and oxygen atoms in total. The third kappa shape index (κ3) is 6.45. The third-order valence-electron chi connectivity index (χ3n) is 4.24. The Morgan fingerprint density at radius 2 is 2.00 bits per heavy atom. The summed E-state index contributed by atoms with van der Waals surface area (Å²) in [6.07, 6.45) is 1.22. The molecule has 24 heavy (non-hydrogen) atoms. The first-order valence-corrected chi connectivity index (χ1v) is 8.85. The maximum Gasteiger partial charge on any atom is 0.191 e. The molecule has 0 atom stereocenters. The molecule has 1 aromatic carbocycles. The fourth-order valence-electron chi connectivity index (χ4n) is 2.79. The zero-order chi connectivity index (χ0) is 17.2. The van der Waals surface area contributed by atoms with Crippen LogP contribution in [0.3, 0.4) is 0 Å². The van der Waals surface area contributed by atoms with E-state index in [0.29, 0.717) is 12.1 Å². The van der Waals surface area contributed by atoms with Crippen LogP contribution in [0.4, 0.5) is 4.39 Å². The first-order chi connectivity index (χ1) is 11.7. The van der Waals surface area contributed by atoms with Gasteiger partial charge in [-0.3, -0.25) is 0 Å². The number of aliphatic imine (C=N–C) groups is 1. The van der Waals surface area contributed by atoms with E-state index < -0.39 is 0 Å². The van der Waals surface area contributed by atoms with Crippen molar-refractivity contribution in [2.75, 3.05) is 52.9 Å². The lowest BCUT2D eigenvalue weighted by atomic mass is 10.2. The van der Waals surface area contributed by atoms with Gasteiger partial charge in [0.05, 0.1) is 6.54 Å². The number of nitrogens with one attached hydrogen (secondary N) is 2. The molecule has 0 amide bonds. The molecule has 1 aromatic rings. The molecule has 0 saturated carbocycles. The van der Waals surface area contributed by atoms with Crippen LogP contribution < -0.4 is 10.6 Å². The van der Waals surface area contributed by atoms with E-state index in [-0.39, 0.29) is 5.82 Å². The molecule has 1 aliphatic rings. The van der Waals surface area contributed by atoms with Crippen molar-refractivity contribution in [1.29, 1.82) is 0 Å². The van der Waals surface area contributed by atoms with Gasteiger partial charge in [-0.1, -0.05) is 18.2 Å². The number of hydrogen-bond acceptors (Lipinski definition) is 3. The standard InChI is InChI=1S/C18H30FN5/c1-3-20-18(22-15-16-7-4-5-8-17(16)19)21-9-12-24-11-6-10-23(2)13-14-24/h4-5,7-8H,3,6,9-15H2,1-2H3,(H2,20,21,22). The van der Waals surface area contributed by atoms with Crippen molar-refractivity contribution < 1.29 is 4.39 Å². The van der Waals surface area contributed by atoms with Gasteiger partial charge < -0.3 is 20.4 Å². The van der Waals surface area contributed by atoms with E-state index in [1.54, 1.807) is 12.1 Å². The molecule has 134 valence electrons. The van der Waals surface area contributed by atoms with Gasteiger partial charge in [0.2, 0.25) is 0 Å². The van der Waals surface area contributed by atoms with Crippen molar-refractivity contribution in [2.45, 2.75) is 19.9 Å². The quantitative estimate of drug-likeness (QED) is 0.611. The maximum atomic E-state index is 13.7. The van der Waals surface area contributed by atoms with Gasteiger partial charge in [0.1, 0.15) is 5.82 Å². The van der Waals surface area contributed by atoms with Crippen molar-refractivity contribution in [2.24, 2.45) is 4.99 Å². The van der Waals surface area contributed by atoms with Gasteiger partial charge >= 0.3 is 0 Å². The zero-order valence-corrected chi connectivity index (χ0v) is 14.9. The first-order valence-electron chi connectivity index (χ1n) is 8.85. The lowest BCUT2D eigenvalue weighted by Crippen LogP contribution is -2.42. The van der Waals surface area contributed by atoms with E-state index >= 15 is 0 Å². The molecule has 0 aliphatic carbocycles. The summed E-state index contributed by atoms with van der Waals surface area (Å²) in [7, 11) is 2.18. The summed E-state index contributed by atoms with van der Waals surface area (Å²) in [5.74, 6) is 0.540. The van der Waals surface area contributed by atoms with Crippen molar-refractivity contribution >= 4 is 5.96 Å². The minimum atomic E-state index is -0.203. The number of guanidine groups is 1. The highest BCUT2D eigenvalue weighted by atomic mass is 19.1. The molecule has 2 N–H and O–H groups in total. The predicted molar refractivity (Wildman–Crippen MR) is 97.8 cm³/mol. The molecule has 0 unspecified atom stereocenters. The van der Waals surface area contributed by atoms with E-state index in [2.05, 4.69) is 32.5 Å². The van der Waals surface area contributed by atoms with Crippen molar-refractivity contribution in [1.82, 2.24) is 20.4 Å². The Morgan fingerprint density at radius 1 is 1.17 bits per heavy atom. The van der Waals surface area contributed by atoms with Crippen LogP contribution in [0.2, 0.25) is 0 Å². The smallest absolute Gasteiger partial charge is 0.191 e. The summed E-state index contributed by atoms with van der Waals surface area (Å²) >= 11 is 0. The highest BCUT2D eigenvalue weighted by molar-refractivity contribution is 5.79. The lowest BCUT2D eigenvalue weighted by molar-refractivity contribution is 0.280. The number of benzene rings is 1. The van der Waals surface area contributed by atoms with Crippen LogP contribution >= 0.6 is 0 Å². The average Bonchev–Trinajstić information content (AvgIpc) is 2.78. The Labute approximate surface area is 144 Å². The van der Waals surface area contributed by atoms with Crippen LogP contribution in [0.15, 0.2) is 29.3 Å². The van der Waals surface area contributed by atoms with Gasteiger partial charge in [-0.15, -0.1) is 0 Å². The number of hydrogen-bond donors (Lipinski definition) is 2. The van der Waals surface area contributed by atoms with Gasteiger partial charge in [0, 0.05) is 38.3 Å². The molecule has 1 aliphatic heterocycles. The number of nitrogens with zero attached hydrogens (tertiary/aromatic N) is 3.